The Hall–Kier alpha value is -2.86. The van der Waals surface area contributed by atoms with Crippen molar-refractivity contribution in [1.82, 2.24) is 19.4 Å². The zero-order valence-corrected chi connectivity index (χ0v) is 21.7. The van der Waals surface area contributed by atoms with Crippen molar-refractivity contribution >= 4 is 16.8 Å². The van der Waals surface area contributed by atoms with Crippen molar-refractivity contribution in [2.24, 2.45) is 7.05 Å². The van der Waals surface area contributed by atoms with E-state index in [-0.39, 0.29) is 11.5 Å². The Morgan fingerprint density at radius 1 is 1.15 bits per heavy atom. The number of nitrogens with one attached hydrogen (secondary N) is 1. The van der Waals surface area contributed by atoms with Gasteiger partial charge in [0, 0.05) is 47.9 Å². The Balaban J connectivity index is 1.69. The molecule has 3 aromatic rings. The van der Waals surface area contributed by atoms with Gasteiger partial charge in [-0.2, -0.15) is 0 Å². The first-order chi connectivity index (χ1) is 16.1. The summed E-state index contributed by atoms with van der Waals surface area (Å²) in [6, 6.07) is 8.83. The largest absolute Gasteiger partial charge is 0.354 e. The third-order valence-electron chi connectivity index (χ3n) is 7.38. The molecule has 0 aliphatic carbocycles. The normalized spacial score (nSPS) is 15.1. The number of benzene rings is 1. The number of aromatic amines is 1. The summed E-state index contributed by atoms with van der Waals surface area (Å²) in [4.78, 5) is 32.5. The summed E-state index contributed by atoms with van der Waals surface area (Å²) in [7, 11) is 5.73. The van der Waals surface area contributed by atoms with Crippen molar-refractivity contribution in [3.63, 3.8) is 0 Å². The maximum atomic E-state index is 12.4. The molecule has 182 valence electrons. The van der Waals surface area contributed by atoms with Gasteiger partial charge in [-0.25, -0.2) is 0 Å². The molecule has 0 unspecified atom stereocenters. The summed E-state index contributed by atoms with van der Waals surface area (Å²) >= 11 is 0. The van der Waals surface area contributed by atoms with Crippen LogP contribution in [0.3, 0.4) is 0 Å². The summed E-state index contributed by atoms with van der Waals surface area (Å²) in [6.45, 7) is 10.5. The summed E-state index contributed by atoms with van der Waals surface area (Å²) < 4.78 is 1.75. The zero-order chi connectivity index (χ0) is 24.7. The lowest BCUT2D eigenvalue weighted by atomic mass is 9.87. The number of likely N-dealkylation sites (N-methyl/N-ethyl adjacent to an activating group) is 1. The van der Waals surface area contributed by atoms with Crippen molar-refractivity contribution in [3.05, 3.63) is 57.0 Å². The Morgan fingerprint density at radius 3 is 2.44 bits per heavy atom. The van der Waals surface area contributed by atoms with E-state index in [1.165, 1.54) is 16.5 Å². The molecule has 0 bridgehead atoms. The number of carbonyl (C=O) groups excluding carboxylic acids is 1. The van der Waals surface area contributed by atoms with Crippen LogP contribution in [0.2, 0.25) is 0 Å². The topological polar surface area (TPSA) is 61.3 Å². The molecule has 6 heteroatoms. The second kappa shape index (κ2) is 9.41. The minimum absolute atomic E-state index is 0.0566. The van der Waals surface area contributed by atoms with Crippen LogP contribution in [0, 0.1) is 13.8 Å². The van der Waals surface area contributed by atoms with Crippen LogP contribution in [0.25, 0.3) is 22.2 Å². The second-order valence-corrected chi connectivity index (χ2v) is 10.5. The lowest BCUT2D eigenvalue weighted by Crippen LogP contribution is -2.42. The number of aryl methyl sites for hydroxylation is 1. The quantitative estimate of drug-likeness (QED) is 0.606. The number of H-pyrrole nitrogens is 1. The molecule has 4 rings (SSSR count). The standard InChI is InChI=1S/C28H38N4O2/c1-17(2)26-23-15-21(20-10-12-32(13-11-20)25(33)16-30(5)6)8-9-24(23)29-27(26)22-14-18(3)28(34)31(7)19(22)4/h8-9,14-15,17,20,29H,10-13,16H2,1-7H3. The van der Waals surface area contributed by atoms with Crippen LogP contribution < -0.4 is 5.56 Å². The van der Waals surface area contributed by atoms with Crippen molar-refractivity contribution in [1.29, 1.82) is 0 Å². The molecule has 0 saturated carbocycles. The molecule has 0 radical (unpaired) electrons. The molecule has 1 aromatic carbocycles. The van der Waals surface area contributed by atoms with E-state index in [1.54, 1.807) is 4.57 Å². The number of hydrogen-bond acceptors (Lipinski definition) is 3. The highest BCUT2D eigenvalue weighted by Gasteiger charge is 2.25. The highest BCUT2D eigenvalue weighted by atomic mass is 16.2. The van der Waals surface area contributed by atoms with Crippen LogP contribution >= 0.6 is 0 Å². The molecule has 0 spiro atoms. The van der Waals surface area contributed by atoms with E-state index in [9.17, 15) is 9.59 Å². The molecular formula is C28H38N4O2. The molecule has 6 nitrogen and oxygen atoms in total. The summed E-state index contributed by atoms with van der Waals surface area (Å²) in [5.41, 5.74) is 7.78. The van der Waals surface area contributed by atoms with Gasteiger partial charge in [0.1, 0.15) is 0 Å². The van der Waals surface area contributed by atoms with Gasteiger partial charge in [-0.3, -0.25) is 9.59 Å². The van der Waals surface area contributed by atoms with Crippen LogP contribution in [0.1, 0.15) is 60.9 Å². The van der Waals surface area contributed by atoms with Gasteiger partial charge in [0.2, 0.25) is 5.91 Å². The molecule has 1 aliphatic heterocycles. The van der Waals surface area contributed by atoms with Crippen LogP contribution in [0.5, 0.6) is 0 Å². The zero-order valence-electron chi connectivity index (χ0n) is 21.7. The number of likely N-dealkylation sites (tertiary alicyclic amines) is 1. The fourth-order valence-electron chi connectivity index (χ4n) is 5.36. The number of nitrogens with zero attached hydrogens (tertiary/aromatic N) is 3. The fourth-order valence-corrected chi connectivity index (χ4v) is 5.36. The Bertz CT molecular complexity index is 1270. The highest BCUT2D eigenvalue weighted by Crippen LogP contribution is 2.39. The van der Waals surface area contributed by atoms with E-state index in [0.29, 0.717) is 18.4 Å². The SMILES string of the molecule is Cc1cc(-c2[nH]c3ccc(C4CCN(C(=O)CN(C)C)CC4)cc3c2C(C)C)c(C)n(C)c1=O. The van der Waals surface area contributed by atoms with Gasteiger partial charge < -0.3 is 19.4 Å². The number of hydrogen-bond donors (Lipinski definition) is 1. The first kappa shape index (κ1) is 24.3. The van der Waals surface area contributed by atoms with Crippen molar-refractivity contribution in [2.75, 3.05) is 33.7 Å². The number of aromatic nitrogens is 2. The number of carbonyl (C=O) groups is 1. The van der Waals surface area contributed by atoms with Gasteiger partial charge in [-0.15, -0.1) is 0 Å². The summed E-state index contributed by atoms with van der Waals surface area (Å²) in [6.07, 6.45) is 2.00. The van der Waals surface area contributed by atoms with Gasteiger partial charge in [0.15, 0.2) is 0 Å². The Kier molecular flexibility index (Phi) is 6.72. The number of piperidine rings is 1. The number of pyridine rings is 1. The van der Waals surface area contributed by atoms with Gasteiger partial charge in [0.25, 0.3) is 5.56 Å². The van der Waals surface area contributed by atoms with E-state index in [4.69, 9.17) is 0 Å². The van der Waals surface area contributed by atoms with Crippen molar-refractivity contribution in [3.8, 4) is 11.3 Å². The molecule has 1 amide bonds. The van der Waals surface area contributed by atoms with Crippen LogP contribution in [0.4, 0.5) is 0 Å². The Labute approximate surface area is 202 Å². The molecular weight excluding hydrogens is 424 g/mol. The number of amides is 1. The molecule has 0 atom stereocenters. The predicted molar refractivity (Wildman–Crippen MR) is 140 cm³/mol. The lowest BCUT2D eigenvalue weighted by molar-refractivity contribution is -0.132. The van der Waals surface area contributed by atoms with Gasteiger partial charge in [-0.05, 0) is 81.9 Å². The minimum Gasteiger partial charge on any atom is -0.354 e. The summed E-state index contributed by atoms with van der Waals surface area (Å²) in [5.74, 6) is 1.02. The number of rotatable bonds is 5. The third kappa shape index (κ3) is 4.43. The predicted octanol–water partition coefficient (Wildman–Crippen LogP) is 4.54. The van der Waals surface area contributed by atoms with Crippen molar-refractivity contribution < 1.29 is 4.79 Å². The molecule has 2 aromatic heterocycles. The average Bonchev–Trinajstić information content (AvgIpc) is 3.18. The van der Waals surface area contributed by atoms with Gasteiger partial charge in [-0.1, -0.05) is 19.9 Å². The van der Waals surface area contributed by atoms with E-state index in [2.05, 4.69) is 37.0 Å². The smallest absolute Gasteiger partial charge is 0.253 e. The van der Waals surface area contributed by atoms with Crippen molar-refractivity contribution in [2.45, 2.75) is 52.4 Å². The van der Waals surface area contributed by atoms with Gasteiger partial charge in [0.05, 0.1) is 12.2 Å². The first-order valence-electron chi connectivity index (χ1n) is 12.3. The monoisotopic (exact) mass is 462 g/mol. The maximum Gasteiger partial charge on any atom is 0.253 e. The van der Waals surface area contributed by atoms with Gasteiger partial charge >= 0.3 is 0 Å². The van der Waals surface area contributed by atoms with E-state index in [1.807, 2.05) is 50.9 Å². The molecule has 1 fully saturated rings. The maximum absolute atomic E-state index is 12.4. The molecule has 1 aliphatic rings. The van der Waals surface area contributed by atoms with Crippen LogP contribution in [-0.4, -0.2) is 59.0 Å². The van der Waals surface area contributed by atoms with Crippen LogP contribution in [0.15, 0.2) is 29.1 Å². The van der Waals surface area contributed by atoms with E-state index in [0.717, 1.165) is 54.0 Å². The van der Waals surface area contributed by atoms with Crippen LogP contribution in [-0.2, 0) is 11.8 Å². The molecule has 34 heavy (non-hydrogen) atoms. The van der Waals surface area contributed by atoms with E-state index < -0.39 is 0 Å². The fraction of sp³-hybridized carbons (Fsp3) is 0.500. The third-order valence-corrected chi connectivity index (χ3v) is 7.38. The average molecular weight is 463 g/mol. The lowest BCUT2D eigenvalue weighted by Gasteiger charge is -2.33. The second-order valence-electron chi connectivity index (χ2n) is 10.5. The first-order valence-corrected chi connectivity index (χ1v) is 12.3. The van der Waals surface area contributed by atoms with E-state index >= 15 is 0 Å². The minimum atomic E-state index is 0.0566. The number of fused-ring (bicyclic) bond motifs is 1. The molecule has 1 saturated heterocycles. The summed E-state index contributed by atoms with van der Waals surface area (Å²) in [5, 5.41) is 1.26. The highest BCUT2D eigenvalue weighted by molar-refractivity contribution is 5.92. The molecule has 3 heterocycles. The Morgan fingerprint density at radius 2 is 1.82 bits per heavy atom. The molecule has 1 N–H and O–H groups in total.